The molecule has 1 heterocycles. The molecule has 1 aromatic rings. The highest BCUT2D eigenvalue weighted by Crippen LogP contribution is 2.48. The van der Waals surface area contributed by atoms with Crippen LogP contribution in [-0.4, -0.2) is 4.99 Å². The summed E-state index contributed by atoms with van der Waals surface area (Å²) in [5.74, 6) is -0.239. The molecule has 1 N–H and O–H groups in total. The largest absolute Gasteiger partial charge is 0.623 e. The molecule has 3 unspecified atom stereocenters. The van der Waals surface area contributed by atoms with Crippen molar-refractivity contribution in [1.29, 1.82) is 5.26 Å². The van der Waals surface area contributed by atoms with Crippen LogP contribution in [0, 0.1) is 22.5 Å². The molecule has 3 nitrogen and oxygen atoms in total. The average Bonchev–Trinajstić information content (AvgIpc) is 2.37. The van der Waals surface area contributed by atoms with Crippen molar-refractivity contribution in [3.8, 4) is 6.07 Å². The summed E-state index contributed by atoms with van der Waals surface area (Å²) >= 11 is 5.19. The van der Waals surface area contributed by atoms with Crippen LogP contribution in [0.2, 0.25) is 0 Å². The Balaban J connectivity index is 2.08. The van der Waals surface area contributed by atoms with Gasteiger partial charge in [0, 0.05) is 11.5 Å². The number of hydroxylamine groups is 2. The van der Waals surface area contributed by atoms with Crippen LogP contribution >= 0.6 is 12.2 Å². The van der Waals surface area contributed by atoms with Gasteiger partial charge in [-0.15, -0.1) is 0 Å². The van der Waals surface area contributed by atoms with Gasteiger partial charge in [0.25, 0.3) is 0 Å². The number of hydrogen-bond donors (Lipinski definition) is 1. The molecule has 1 aliphatic heterocycles. The van der Waals surface area contributed by atoms with Crippen molar-refractivity contribution in [3.63, 3.8) is 0 Å². The highest BCUT2D eigenvalue weighted by molar-refractivity contribution is 7.80. The van der Waals surface area contributed by atoms with Gasteiger partial charge in [0.15, 0.2) is 0 Å². The number of allylic oxidation sites excluding steroid dienone is 2. The van der Waals surface area contributed by atoms with E-state index in [1.807, 2.05) is 30.3 Å². The van der Waals surface area contributed by atoms with E-state index in [1.54, 1.807) is 6.08 Å². The molecule has 1 aromatic carbocycles. The fraction of sp³-hybridized carbons (Fsp3) is 0.143. The molecule has 88 valence electrons. The van der Waals surface area contributed by atoms with Gasteiger partial charge in [-0.3, -0.25) is 0 Å². The standard InChI is InChI=1S/C14H10N2OS/c15-8-11-10-6-7-16(17)14(18)13(10)12(11)9-4-2-1-3-5-9/h1-7,11-12,16H. The third-order valence-electron chi connectivity index (χ3n) is 3.47. The Labute approximate surface area is 110 Å². The summed E-state index contributed by atoms with van der Waals surface area (Å²) in [5, 5.41) is 20.7. The Hall–Kier alpha value is -1.80. The maximum absolute atomic E-state index is 11.6. The van der Waals surface area contributed by atoms with E-state index >= 15 is 0 Å². The summed E-state index contributed by atoms with van der Waals surface area (Å²) in [4.78, 5) is 0.368. The number of nitrogens with zero attached hydrogens (tertiary/aromatic N) is 1. The zero-order chi connectivity index (χ0) is 12.7. The SMILES string of the molecule is N#CC1C2=C(C(=S)[NH+]([O-])C=C2)C1c1ccccc1. The molecule has 0 aromatic heterocycles. The van der Waals surface area contributed by atoms with Crippen molar-refractivity contribution < 1.29 is 5.06 Å². The van der Waals surface area contributed by atoms with E-state index in [1.165, 1.54) is 6.20 Å². The van der Waals surface area contributed by atoms with Crippen molar-refractivity contribution in [2.24, 2.45) is 5.92 Å². The first-order valence-corrected chi connectivity index (χ1v) is 6.10. The molecule has 4 heteroatoms. The van der Waals surface area contributed by atoms with Crippen molar-refractivity contribution in [2.45, 2.75) is 5.92 Å². The van der Waals surface area contributed by atoms with E-state index in [2.05, 4.69) is 6.07 Å². The molecular formula is C14H10N2OS. The van der Waals surface area contributed by atoms with Crippen molar-refractivity contribution in [3.05, 3.63) is 64.5 Å². The molecular weight excluding hydrogens is 244 g/mol. The first-order valence-electron chi connectivity index (χ1n) is 5.69. The Kier molecular flexibility index (Phi) is 2.60. The van der Waals surface area contributed by atoms with Crippen LogP contribution in [0.15, 0.2) is 53.8 Å². The third kappa shape index (κ3) is 1.46. The summed E-state index contributed by atoms with van der Waals surface area (Å²) in [6.45, 7) is 0. The third-order valence-corrected chi connectivity index (χ3v) is 3.89. The molecule has 0 fully saturated rings. The van der Waals surface area contributed by atoms with Gasteiger partial charge in [0.2, 0.25) is 4.99 Å². The molecule has 18 heavy (non-hydrogen) atoms. The maximum Gasteiger partial charge on any atom is 0.205 e. The van der Waals surface area contributed by atoms with Crippen LogP contribution in [0.3, 0.4) is 0 Å². The molecule has 1 aliphatic carbocycles. The molecule has 0 radical (unpaired) electrons. The highest BCUT2D eigenvalue weighted by atomic mass is 32.1. The monoisotopic (exact) mass is 254 g/mol. The van der Waals surface area contributed by atoms with Crippen molar-refractivity contribution >= 4 is 17.2 Å². The molecule has 3 rings (SSSR count). The summed E-state index contributed by atoms with van der Waals surface area (Å²) in [6.07, 6.45) is 3.20. The van der Waals surface area contributed by atoms with Gasteiger partial charge in [0.05, 0.1) is 12.0 Å². The molecule has 0 saturated heterocycles. The van der Waals surface area contributed by atoms with Crippen LogP contribution in [0.5, 0.6) is 0 Å². The second kappa shape index (κ2) is 4.14. The topological polar surface area (TPSA) is 51.3 Å². The van der Waals surface area contributed by atoms with Crippen LogP contribution in [-0.2, 0) is 0 Å². The van der Waals surface area contributed by atoms with E-state index in [4.69, 9.17) is 12.2 Å². The smallest absolute Gasteiger partial charge is 0.205 e. The lowest BCUT2D eigenvalue weighted by molar-refractivity contribution is -0.680. The minimum atomic E-state index is -0.190. The summed E-state index contributed by atoms with van der Waals surface area (Å²) in [6, 6.07) is 12.1. The molecule has 0 saturated carbocycles. The quantitative estimate of drug-likeness (QED) is 0.609. The number of nitriles is 1. The Morgan fingerprint density at radius 2 is 2.00 bits per heavy atom. The van der Waals surface area contributed by atoms with Crippen LogP contribution in [0.4, 0.5) is 0 Å². The first kappa shape index (κ1) is 11.3. The Bertz CT molecular complexity index is 612. The van der Waals surface area contributed by atoms with E-state index in [9.17, 15) is 10.5 Å². The van der Waals surface area contributed by atoms with Gasteiger partial charge < -0.3 is 10.3 Å². The lowest BCUT2D eigenvalue weighted by Crippen LogP contribution is -3.06. The normalized spacial score (nSPS) is 29.6. The zero-order valence-corrected chi connectivity index (χ0v) is 10.3. The fourth-order valence-corrected chi connectivity index (χ4v) is 2.91. The van der Waals surface area contributed by atoms with Gasteiger partial charge in [-0.1, -0.05) is 30.3 Å². The summed E-state index contributed by atoms with van der Waals surface area (Å²) < 4.78 is 0. The van der Waals surface area contributed by atoms with Gasteiger partial charge in [0.1, 0.15) is 6.20 Å². The number of quaternary nitrogens is 1. The summed E-state index contributed by atoms with van der Waals surface area (Å²) in [7, 11) is 0. The predicted octanol–water partition coefficient (Wildman–Crippen LogP) is 1.46. The predicted molar refractivity (Wildman–Crippen MR) is 71.4 cm³/mol. The zero-order valence-electron chi connectivity index (χ0n) is 9.46. The average molecular weight is 254 g/mol. The molecule has 0 bridgehead atoms. The highest BCUT2D eigenvalue weighted by Gasteiger charge is 2.45. The first-order chi connectivity index (χ1) is 8.74. The Morgan fingerprint density at radius 1 is 1.28 bits per heavy atom. The molecule has 0 amide bonds. The van der Waals surface area contributed by atoms with Gasteiger partial charge in [-0.25, -0.2) is 0 Å². The molecule has 0 spiro atoms. The van der Waals surface area contributed by atoms with Gasteiger partial charge >= 0.3 is 0 Å². The fourth-order valence-electron chi connectivity index (χ4n) is 2.60. The van der Waals surface area contributed by atoms with Gasteiger partial charge in [-0.2, -0.15) is 5.26 Å². The van der Waals surface area contributed by atoms with Crippen molar-refractivity contribution in [1.82, 2.24) is 0 Å². The van der Waals surface area contributed by atoms with E-state index in [0.29, 0.717) is 4.99 Å². The lowest BCUT2D eigenvalue weighted by Gasteiger charge is -2.40. The van der Waals surface area contributed by atoms with E-state index in [-0.39, 0.29) is 16.9 Å². The van der Waals surface area contributed by atoms with Gasteiger partial charge in [-0.05, 0) is 29.4 Å². The number of hydrogen-bond acceptors (Lipinski definition) is 3. The Morgan fingerprint density at radius 3 is 2.67 bits per heavy atom. The maximum atomic E-state index is 11.6. The number of rotatable bonds is 1. The second-order valence-electron chi connectivity index (χ2n) is 4.39. The molecule has 2 aliphatic rings. The number of benzene rings is 1. The van der Waals surface area contributed by atoms with Crippen LogP contribution in [0.1, 0.15) is 11.5 Å². The number of thiocarbonyl (C=S) groups is 1. The lowest BCUT2D eigenvalue weighted by atomic mass is 9.64. The van der Waals surface area contributed by atoms with Crippen molar-refractivity contribution in [2.75, 3.05) is 0 Å². The minimum absolute atomic E-state index is 0.0485. The van der Waals surface area contributed by atoms with E-state index < -0.39 is 0 Å². The number of nitrogens with one attached hydrogen (secondary N) is 1. The minimum Gasteiger partial charge on any atom is -0.623 e. The second-order valence-corrected chi connectivity index (χ2v) is 4.80. The van der Waals surface area contributed by atoms with E-state index in [0.717, 1.165) is 16.7 Å². The molecule has 3 atom stereocenters. The van der Waals surface area contributed by atoms with Crippen LogP contribution < -0.4 is 5.06 Å². The summed E-state index contributed by atoms with van der Waals surface area (Å²) in [5.41, 5.74) is 2.83. The van der Waals surface area contributed by atoms with Crippen LogP contribution in [0.25, 0.3) is 0 Å².